The van der Waals surface area contributed by atoms with Crippen molar-refractivity contribution >= 4 is 33.1 Å². The van der Waals surface area contributed by atoms with E-state index in [4.69, 9.17) is 18.0 Å². The highest BCUT2D eigenvalue weighted by atomic mass is 32.2. The van der Waals surface area contributed by atoms with Crippen LogP contribution in [-0.2, 0) is 14.8 Å². The van der Waals surface area contributed by atoms with Crippen LogP contribution in [-0.4, -0.2) is 47.7 Å². The van der Waals surface area contributed by atoms with Crippen molar-refractivity contribution in [3.05, 3.63) is 24.0 Å². The zero-order valence-corrected chi connectivity index (χ0v) is 13.1. The van der Waals surface area contributed by atoms with E-state index in [1.165, 1.54) is 22.6 Å². The van der Waals surface area contributed by atoms with Gasteiger partial charge in [-0.3, -0.25) is 9.78 Å². The Hall–Kier alpha value is -1.58. The highest BCUT2D eigenvalue weighted by Crippen LogP contribution is 2.23. The molecule has 0 bridgehead atoms. The number of thiocarbonyl (C=S) groups is 1. The van der Waals surface area contributed by atoms with Gasteiger partial charge in [0.15, 0.2) is 0 Å². The molecule has 0 aromatic carbocycles. The zero-order valence-electron chi connectivity index (χ0n) is 11.4. The van der Waals surface area contributed by atoms with Crippen LogP contribution in [0.4, 0.5) is 0 Å². The van der Waals surface area contributed by atoms with E-state index in [1.807, 2.05) is 0 Å². The highest BCUT2D eigenvalue weighted by Gasteiger charge is 2.38. The number of hydrogen-bond donors (Lipinski definition) is 2. The third-order valence-corrected chi connectivity index (χ3v) is 5.39. The van der Waals surface area contributed by atoms with Crippen LogP contribution in [0.15, 0.2) is 23.2 Å². The number of piperazine rings is 1. The molecule has 0 aliphatic carbocycles. The van der Waals surface area contributed by atoms with Gasteiger partial charge in [-0.15, -0.1) is 0 Å². The molecule has 9 heteroatoms. The molecule has 1 aromatic heterocycles. The Morgan fingerprint density at radius 3 is 2.95 bits per heavy atom. The minimum Gasteiger partial charge on any atom is -0.388 e. The van der Waals surface area contributed by atoms with Crippen molar-refractivity contribution in [3.63, 3.8) is 0 Å². The third-order valence-electron chi connectivity index (χ3n) is 3.26. The van der Waals surface area contributed by atoms with Gasteiger partial charge in [0.1, 0.15) is 21.6 Å². The van der Waals surface area contributed by atoms with Gasteiger partial charge in [-0.1, -0.05) is 19.1 Å². The molecule has 7 nitrogen and oxygen atoms in total. The molecule has 1 atom stereocenters. The Bertz CT molecular complexity index is 675. The lowest BCUT2D eigenvalue weighted by atomic mass is 10.2. The molecule has 1 unspecified atom stereocenters. The van der Waals surface area contributed by atoms with Crippen molar-refractivity contribution in [2.45, 2.75) is 24.3 Å². The summed E-state index contributed by atoms with van der Waals surface area (Å²) >= 11 is 4.85. The third kappa shape index (κ3) is 2.89. The van der Waals surface area contributed by atoms with Crippen molar-refractivity contribution in [2.24, 2.45) is 5.73 Å². The van der Waals surface area contributed by atoms with Crippen LogP contribution in [0.2, 0.25) is 0 Å². The molecule has 1 aliphatic heterocycles. The number of sulfonamides is 1. The normalized spacial score (nSPS) is 20.0. The number of nitrogens with zero attached hydrogens (tertiary/aromatic N) is 2. The number of rotatable bonds is 4. The Balaban J connectivity index is 2.51. The second-order valence-corrected chi connectivity index (χ2v) is 6.84. The number of nitrogens with two attached hydrogens (primary N) is 1. The molecule has 2 rings (SSSR count). The zero-order chi connectivity index (χ0) is 15.6. The summed E-state index contributed by atoms with van der Waals surface area (Å²) in [6.45, 7) is 2.24. The monoisotopic (exact) mass is 328 g/mol. The predicted molar refractivity (Wildman–Crippen MR) is 81.1 cm³/mol. The maximum absolute atomic E-state index is 12.8. The van der Waals surface area contributed by atoms with Gasteiger partial charge >= 0.3 is 0 Å². The van der Waals surface area contributed by atoms with Gasteiger partial charge in [-0.25, -0.2) is 8.42 Å². The molecule has 1 amide bonds. The van der Waals surface area contributed by atoms with E-state index in [9.17, 15) is 13.2 Å². The Labute approximate surface area is 128 Å². The minimum absolute atomic E-state index is 0.0494. The molecular formula is C12H16N4O3S2. The molecule has 2 heterocycles. The van der Waals surface area contributed by atoms with Gasteiger partial charge in [0.05, 0.1) is 0 Å². The number of hydrogen-bond acceptors (Lipinski definition) is 5. The first-order valence-corrected chi connectivity index (χ1v) is 8.28. The molecule has 1 saturated heterocycles. The van der Waals surface area contributed by atoms with Gasteiger partial charge in [-0.2, -0.15) is 4.31 Å². The molecule has 1 fully saturated rings. The van der Waals surface area contributed by atoms with Crippen LogP contribution in [0.3, 0.4) is 0 Å². The van der Waals surface area contributed by atoms with Gasteiger partial charge in [0.25, 0.3) is 0 Å². The summed E-state index contributed by atoms with van der Waals surface area (Å²) in [6, 6.07) is 2.17. The van der Waals surface area contributed by atoms with Gasteiger partial charge < -0.3 is 11.1 Å². The number of carbonyl (C=O) groups excluding carboxylic acids is 1. The van der Waals surface area contributed by atoms with Crippen molar-refractivity contribution in [3.8, 4) is 0 Å². The smallest absolute Gasteiger partial charge is 0.246 e. The first kappa shape index (κ1) is 15.8. The number of amides is 1. The lowest BCUT2D eigenvalue weighted by molar-refractivity contribution is -0.126. The van der Waals surface area contributed by atoms with E-state index in [-0.39, 0.29) is 34.6 Å². The molecule has 3 N–H and O–H groups in total. The summed E-state index contributed by atoms with van der Waals surface area (Å²) in [6.07, 6.45) is 1.81. The lowest BCUT2D eigenvalue weighted by Gasteiger charge is -2.33. The van der Waals surface area contributed by atoms with Crippen molar-refractivity contribution < 1.29 is 13.2 Å². The summed E-state index contributed by atoms with van der Waals surface area (Å²) < 4.78 is 26.8. The number of aromatic nitrogens is 1. The first-order valence-electron chi connectivity index (χ1n) is 6.44. The average molecular weight is 328 g/mol. The summed E-state index contributed by atoms with van der Waals surface area (Å²) in [7, 11) is -3.89. The summed E-state index contributed by atoms with van der Waals surface area (Å²) in [4.78, 5) is 15.6. The van der Waals surface area contributed by atoms with Crippen LogP contribution in [0.5, 0.6) is 0 Å². The fraction of sp³-hybridized carbons (Fsp3) is 0.417. The average Bonchev–Trinajstić information content (AvgIpc) is 2.46. The molecule has 1 aliphatic rings. The Kier molecular flexibility index (Phi) is 4.55. The Morgan fingerprint density at radius 2 is 2.33 bits per heavy atom. The Morgan fingerprint density at radius 1 is 1.62 bits per heavy atom. The molecule has 21 heavy (non-hydrogen) atoms. The van der Waals surface area contributed by atoms with E-state index < -0.39 is 16.1 Å². The van der Waals surface area contributed by atoms with Crippen molar-refractivity contribution in [1.82, 2.24) is 14.6 Å². The molecule has 0 spiro atoms. The van der Waals surface area contributed by atoms with Crippen LogP contribution < -0.4 is 11.1 Å². The van der Waals surface area contributed by atoms with E-state index in [2.05, 4.69) is 10.3 Å². The lowest BCUT2D eigenvalue weighted by Crippen LogP contribution is -2.56. The van der Waals surface area contributed by atoms with Crippen LogP contribution in [0.25, 0.3) is 0 Å². The van der Waals surface area contributed by atoms with E-state index >= 15 is 0 Å². The maximum Gasteiger partial charge on any atom is 0.246 e. The highest BCUT2D eigenvalue weighted by molar-refractivity contribution is 7.89. The first-order chi connectivity index (χ1) is 9.89. The second-order valence-electron chi connectivity index (χ2n) is 4.55. The molecule has 0 saturated carbocycles. The van der Waals surface area contributed by atoms with Gasteiger partial charge in [0, 0.05) is 19.3 Å². The van der Waals surface area contributed by atoms with Gasteiger partial charge in [-0.05, 0) is 18.6 Å². The number of pyridine rings is 1. The second kappa shape index (κ2) is 6.04. The number of nitrogens with one attached hydrogen (secondary N) is 1. The van der Waals surface area contributed by atoms with E-state index in [0.29, 0.717) is 6.42 Å². The SMILES string of the molecule is CCC1C(=O)NCCN1S(=O)(=O)c1cccnc1C(N)=S. The molecular weight excluding hydrogens is 312 g/mol. The predicted octanol–water partition coefficient (Wildman–Crippen LogP) is -0.385. The topological polar surface area (TPSA) is 105 Å². The van der Waals surface area contributed by atoms with Crippen LogP contribution in [0.1, 0.15) is 19.0 Å². The molecule has 0 radical (unpaired) electrons. The summed E-state index contributed by atoms with van der Waals surface area (Å²) in [5.74, 6) is -0.298. The van der Waals surface area contributed by atoms with Crippen molar-refractivity contribution in [2.75, 3.05) is 13.1 Å². The van der Waals surface area contributed by atoms with Gasteiger partial charge in [0.2, 0.25) is 15.9 Å². The van der Waals surface area contributed by atoms with E-state index in [1.54, 1.807) is 6.92 Å². The minimum atomic E-state index is -3.89. The molecule has 114 valence electrons. The standard InChI is InChI=1S/C12H16N4O3S2/c1-2-8-12(17)15-6-7-16(8)21(18,19)9-4-3-5-14-10(9)11(13)20/h3-5,8H,2,6-7H2,1H3,(H2,13,20)(H,15,17). The quantitative estimate of drug-likeness (QED) is 0.730. The van der Waals surface area contributed by atoms with Crippen molar-refractivity contribution in [1.29, 1.82) is 0 Å². The van der Waals surface area contributed by atoms with E-state index in [0.717, 1.165) is 0 Å². The maximum atomic E-state index is 12.8. The van der Waals surface area contributed by atoms with Crippen LogP contribution >= 0.6 is 12.2 Å². The fourth-order valence-corrected chi connectivity index (χ4v) is 4.33. The fourth-order valence-electron chi connectivity index (χ4n) is 2.28. The molecule has 1 aromatic rings. The largest absolute Gasteiger partial charge is 0.388 e. The summed E-state index contributed by atoms with van der Waals surface area (Å²) in [5, 5.41) is 2.66. The van der Waals surface area contributed by atoms with Crippen LogP contribution in [0, 0.1) is 0 Å². The summed E-state index contributed by atoms with van der Waals surface area (Å²) in [5.41, 5.74) is 5.59. The number of carbonyl (C=O) groups is 1.